The molecule has 78 valence electrons. The number of aryl methyl sites for hydroxylation is 1. The number of anilines is 1. The smallest absolute Gasteiger partial charge is 0.0372 e. The van der Waals surface area contributed by atoms with Gasteiger partial charge in [0.25, 0.3) is 0 Å². The summed E-state index contributed by atoms with van der Waals surface area (Å²) in [5.41, 5.74) is 2.61. The van der Waals surface area contributed by atoms with Crippen molar-refractivity contribution in [2.75, 3.05) is 5.32 Å². The van der Waals surface area contributed by atoms with Gasteiger partial charge in [0.1, 0.15) is 0 Å². The van der Waals surface area contributed by atoms with Crippen molar-refractivity contribution >= 4 is 28.3 Å². The molecule has 14 heavy (non-hydrogen) atoms. The summed E-state index contributed by atoms with van der Waals surface area (Å²) >= 11 is 2.35. The second kappa shape index (κ2) is 5.59. The predicted molar refractivity (Wildman–Crippen MR) is 71.9 cm³/mol. The Balaban J connectivity index is 2.76. The lowest BCUT2D eigenvalue weighted by Gasteiger charge is -2.18. The fraction of sp³-hybridized carbons (Fsp3) is 0.500. The average molecular weight is 303 g/mol. The average Bonchev–Trinajstić information content (AvgIpc) is 2.17. The molecule has 1 rings (SSSR count). The molecule has 0 aliphatic heterocycles. The molecule has 0 heterocycles. The zero-order valence-electron chi connectivity index (χ0n) is 9.10. The van der Waals surface area contributed by atoms with Crippen molar-refractivity contribution in [1.29, 1.82) is 0 Å². The number of hydrogen-bond donors (Lipinski definition) is 1. The molecule has 1 N–H and O–H groups in total. The van der Waals surface area contributed by atoms with Crippen LogP contribution in [0.15, 0.2) is 18.2 Å². The molecule has 0 atom stereocenters. The van der Waals surface area contributed by atoms with E-state index in [4.69, 9.17) is 0 Å². The monoisotopic (exact) mass is 303 g/mol. The molecule has 0 radical (unpaired) electrons. The van der Waals surface area contributed by atoms with E-state index in [1.165, 1.54) is 27.7 Å². The summed E-state index contributed by atoms with van der Waals surface area (Å²) in [4.78, 5) is 0. The second-order valence-electron chi connectivity index (χ2n) is 3.62. The standard InChI is InChI=1S/C12H18IN/c1-4-11(5-2)14-12-7-6-10(13)8-9(12)3/h6-8,11,14H,4-5H2,1-3H3. The molecular weight excluding hydrogens is 285 g/mol. The summed E-state index contributed by atoms with van der Waals surface area (Å²) in [5.74, 6) is 0. The van der Waals surface area contributed by atoms with E-state index in [0.29, 0.717) is 6.04 Å². The zero-order chi connectivity index (χ0) is 10.6. The van der Waals surface area contributed by atoms with Gasteiger partial charge in [0.15, 0.2) is 0 Å². The normalized spacial score (nSPS) is 10.6. The Morgan fingerprint density at radius 3 is 2.43 bits per heavy atom. The van der Waals surface area contributed by atoms with Crippen molar-refractivity contribution < 1.29 is 0 Å². The quantitative estimate of drug-likeness (QED) is 0.822. The summed E-state index contributed by atoms with van der Waals surface area (Å²) in [5, 5.41) is 3.57. The third-order valence-electron chi connectivity index (χ3n) is 2.53. The lowest BCUT2D eigenvalue weighted by Crippen LogP contribution is -2.17. The zero-order valence-corrected chi connectivity index (χ0v) is 11.3. The van der Waals surface area contributed by atoms with Gasteiger partial charge in [-0.15, -0.1) is 0 Å². The van der Waals surface area contributed by atoms with Crippen molar-refractivity contribution in [1.82, 2.24) is 0 Å². The van der Waals surface area contributed by atoms with Crippen LogP contribution in [-0.2, 0) is 0 Å². The highest BCUT2D eigenvalue weighted by atomic mass is 127. The SMILES string of the molecule is CCC(CC)Nc1ccc(I)cc1C. The predicted octanol–water partition coefficient (Wildman–Crippen LogP) is 4.20. The molecule has 0 saturated heterocycles. The molecule has 0 bridgehead atoms. The third kappa shape index (κ3) is 3.15. The van der Waals surface area contributed by atoms with Gasteiger partial charge in [0.2, 0.25) is 0 Å². The van der Waals surface area contributed by atoms with Crippen LogP contribution >= 0.6 is 22.6 Å². The fourth-order valence-electron chi connectivity index (χ4n) is 1.50. The molecule has 0 aliphatic rings. The summed E-state index contributed by atoms with van der Waals surface area (Å²) in [6.07, 6.45) is 2.36. The van der Waals surface area contributed by atoms with E-state index in [0.717, 1.165) is 0 Å². The van der Waals surface area contributed by atoms with Crippen LogP contribution in [-0.4, -0.2) is 6.04 Å². The summed E-state index contributed by atoms with van der Waals surface area (Å²) in [6.45, 7) is 6.61. The van der Waals surface area contributed by atoms with Gasteiger partial charge in [0.05, 0.1) is 0 Å². The Hall–Kier alpha value is -0.250. The molecule has 2 heteroatoms. The second-order valence-corrected chi connectivity index (χ2v) is 4.86. The van der Waals surface area contributed by atoms with E-state index in [1.54, 1.807) is 0 Å². The minimum atomic E-state index is 0.605. The first kappa shape index (κ1) is 11.8. The molecule has 1 nitrogen and oxygen atoms in total. The molecule has 0 spiro atoms. The molecule has 0 aromatic heterocycles. The molecular formula is C12H18IN. The highest BCUT2D eigenvalue weighted by Crippen LogP contribution is 2.19. The number of benzene rings is 1. The maximum Gasteiger partial charge on any atom is 0.0372 e. The maximum atomic E-state index is 3.57. The van der Waals surface area contributed by atoms with E-state index in [-0.39, 0.29) is 0 Å². The Bertz CT molecular complexity index is 292. The van der Waals surface area contributed by atoms with Crippen LogP contribution in [0, 0.1) is 10.5 Å². The third-order valence-corrected chi connectivity index (χ3v) is 3.20. The topological polar surface area (TPSA) is 12.0 Å². The van der Waals surface area contributed by atoms with Crippen molar-refractivity contribution in [2.45, 2.75) is 39.7 Å². The largest absolute Gasteiger partial charge is 0.382 e. The number of halogens is 1. The van der Waals surface area contributed by atoms with Gasteiger partial charge < -0.3 is 5.32 Å². The Morgan fingerprint density at radius 1 is 1.29 bits per heavy atom. The van der Waals surface area contributed by atoms with Crippen LogP contribution in [0.4, 0.5) is 5.69 Å². The highest BCUT2D eigenvalue weighted by Gasteiger charge is 2.04. The van der Waals surface area contributed by atoms with Crippen molar-refractivity contribution in [3.8, 4) is 0 Å². The minimum absolute atomic E-state index is 0.605. The van der Waals surface area contributed by atoms with Crippen LogP contribution in [0.3, 0.4) is 0 Å². The van der Waals surface area contributed by atoms with E-state index in [1.807, 2.05) is 0 Å². The molecule has 0 unspecified atom stereocenters. The molecule has 0 fully saturated rings. The number of hydrogen-bond acceptors (Lipinski definition) is 1. The van der Waals surface area contributed by atoms with Crippen molar-refractivity contribution in [3.63, 3.8) is 0 Å². The van der Waals surface area contributed by atoms with E-state index in [2.05, 4.69) is 66.9 Å². The van der Waals surface area contributed by atoms with Gasteiger partial charge >= 0.3 is 0 Å². The minimum Gasteiger partial charge on any atom is -0.382 e. The van der Waals surface area contributed by atoms with Crippen LogP contribution in [0.1, 0.15) is 32.3 Å². The van der Waals surface area contributed by atoms with Gasteiger partial charge in [-0.2, -0.15) is 0 Å². The number of nitrogens with one attached hydrogen (secondary N) is 1. The molecule has 1 aromatic rings. The van der Waals surface area contributed by atoms with Gasteiger partial charge in [0, 0.05) is 15.3 Å². The fourth-order valence-corrected chi connectivity index (χ4v) is 2.15. The summed E-state index contributed by atoms with van der Waals surface area (Å²) < 4.78 is 1.30. The Morgan fingerprint density at radius 2 is 1.93 bits per heavy atom. The Kier molecular flexibility index (Phi) is 4.72. The van der Waals surface area contributed by atoms with Crippen LogP contribution in [0.5, 0.6) is 0 Å². The molecule has 1 aromatic carbocycles. The molecule has 0 saturated carbocycles. The maximum absolute atomic E-state index is 3.57. The highest BCUT2D eigenvalue weighted by molar-refractivity contribution is 14.1. The lowest BCUT2D eigenvalue weighted by atomic mass is 10.1. The van der Waals surface area contributed by atoms with Crippen LogP contribution in [0.25, 0.3) is 0 Å². The van der Waals surface area contributed by atoms with Crippen LogP contribution in [0.2, 0.25) is 0 Å². The number of rotatable bonds is 4. The lowest BCUT2D eigenvalue weighted by molar-refractivity contribution is 0.671. The van der Waals surface area contributed by atoms with Crippen LogP contribution < -0.4 is 5.32 Å². The first-order valence-corrected chi connectivity index (χ1v) is 6.28. The molecule has 0 aliphatic carbocycles. The van der Waals surface area contributed by atoms with E-state index in [9.17, 15) is 0 Å². The van der Waals surface area contributed by atoms with Gasteiger partial charge in [-0.25, -0.2) is 0 Å². The van der Waals surface area contributed by atoms with E-state index >= 15 is 0 Å². The summed E-state index contributed by atoms with van der Waals surface area (Å²) in [6, 6.07) is 7.15. The van der Waals surface area contributed by atoms with E-state index < -0.39 is 0 Å². The van der Waals surface area contributed by atoms with Gasteiger partial charge in [-0.3, -0.25) is 0 Å². The van der Waals surface area contributed by atoms with Crippen molar-refractivity contribution in [3.05, 3.63) is 27.3 Å². The summed E-state index contributed by atoms with van der Waals surface area (Å²) in [7, 11) is 0. The van der Waals surface area contributed by atoms with Crippen molar-refractivity contribution in [2.24, 2.45) is 0 Å². The Labute approximate surface area is 100 Å². The van der Waals surface area contributed by atoms with Gasteiger partial charge in [-0.1, -0.05) is 13.8 Å². The first-order valence-electron chi connectivity index (χ1n) is 5.20. The first-order chi connectivity index (χ1) is 6.67. The molecule has 0 amide bonds. The van der Waals surface area contributed by atoms with Gasteiger partial charge in [-0.05, 0) is 66.1 Å².